The molecule has 2 saturated heterocycles. The SMILES string of the molecule is CNCC1CCN(S(=O)(=O)C2CCCN(C(=O)C3CCCC3)C2)CC1.Cl. The zero-order valence-corrected chi connectivity index (χ0v) is 17.5. The molecule has 1 aliphatic carbocycles. The average molecular weight is 408 g/mol. The molecule has 3 fully saturated rings. The number of likely N-dealkylation sites (tertiary alicyclic amines) is 1. The first-order valence-corrected chi connectivity index (χ1v) is 11.4. The van der Waals surface area contributed by atoms with Gasteiger partial charge in [-0.25, -0.2) is 12.7 Å². The maximum Gasteiger partial charge on any atom is 0.225 e. The van der Waals surface area contributed by atoms with Gasteiger partial charge in [0.05, 0.1) is 5.25 Å². The number of halogens is 1. The Labute approximate surface area is 164 Å². The van der Waals surface area contributed by atoms with E-state index in [9.17, 15) is 13.2 Å². The molecule has 0 spiro atoms. The molecule has 6 nitrogen and oxygen atoms in total. The van der Waals surface area contributed by atoms with E-state index in [1.54, 1.807) is 4.31 Å². The molecule has 26 heavy (non-hydrogen) atoms. The van der Waals surface area contributed by atoms with Crippen molar-refractivity contribution in [1.29, 1.82) is 0 Å². The van der Waals surface area contributed by atoms with Gasteiger partial charge >= 0.3 is 0 Å². The van der Waals surface area contributed by atoms with E-state index in [1.165, 1.54) is 0 Å². The van der Waals surface area contributed by atoms with Crippen molar-refractivity contribution in [2.24, 2.45) is 11.8 Å². The van der Waals surface area contributed by atoms with Gasteiger partial charge < -0.3 is 10.2 Å². The fraction of sp³-hybridized carbons (Fsp3) is 0.944. The Morgan fingerprint density at radius 2 is 1.65 bits per heavy atom. The highest BCUT2D eigenvalue weighted by atomic mass is 35.5. The van der Waals surface area contributed by atoms with Crippen LogP contribution < -0.4 is 5.32 Å². The molecule has 1 amide bonds. The standard InChI is InChI=1S/C18H33N3O3S.ClH/c1-19-13-15-8-11-21(12-9-15)25(23,24)17-7-4-10-20(14-17)18(22)16-5-2-3-6-16;/h15-17,19H,2-14H2,1H3;1H. The Kier molecular flexibility index (Phi) is 8.19. The molecular weight excluding hydrogens is 374 g/mol. The van der Waals surface area contributed by atoms with Crippen LogP contribution in [-0.2, 0) is 14.8 Å². The van der Waals surface area contributed by atoms with Gasteiger partial charge in [0.1, 0.15) is 0 Å². The van der Waals surface area contributed by atoms with Crippen LogP contribution in [0.5, 0.6) is 0 Å². The van der Waals surface area contributed by atoms with Crippen LogP contribution >= 0.6 is 12.4 Å². The van der Waals surface area contributed by atoms with Gasteiger partial charge in [0.25, 0.3) is 0 Å². The zero-order chi connectivity index (χ0) is 17.9. The molecule has 2 heterocycles. The second kappa shape index (κ2) is 9.71. The van der Waals surface area contributed by atoms with Crippen LogP contribution in [0.25, 0.3) is 0 Å². The lowest BCUT2D eigenvalue weighted by molar-refractivity contribution is -0.136. The fourth-order valence-electron chi connectivity index (χ4n) is 4.68. The van der Waals surface area contributed by atoms with Gasteiger partial charge in [-0.1, -0.05) is 12.8 Å². The number of piperidine rings is 2. The number of carbonyl (C=O) groups is 1. The van der Waals surface area contributed by atoms with Gasteiger partial charge in [0, 0.05) is 32.1 Å². The lowest BCUT2D eigenvalue weighted by atomic mass is 9.98. The third-order valence-electron chi connectivity index (χ3n) is 6.24. The lowest BCUT2D eigenvalue weighted by Crippen LogP contribution is -2.52. The summed E-state index contributed by atoms with van der Waals surface area (Å²) in [5, 5.41) is 2.78. The van der Waals surface area contributed by atoms with Crippen molar-refractivity contribution >= 4 is 28.3 Å². The largest absolute Gasteiger partial charge is 0.341 e. The summed E-state index contributed by atoms with van der Waals surface area (Å²) in [6.45, 7) is 3.34. The molecule has 0 bridgehead atoms. The molecule has 0 aromatic rings. The number of sulfonamides is 1. The van der Waals surface area contributed by atoms with E-state index in [0.717, 1.165) is 58.0 Å². The van der Waals surface area contributed by atoms with Gasteiger partial charge in [-0.15, -0.1) is 12.4 Å². The highest BCUT2D eigenvalue weighted by Crippen LogP contribution is 2.30. The Morgan fingerprint density at radius 1 is 1.00 bits per heavy atom. The zero-order valence-electron chi connectivity index (χ0n) is 15.9. The maximum absolute atomic E-state index is 13.1. The smallest absolute Gasteiger partial charge is 0.225 e. The highest BCUT2D eigenvalue weighted by molar-refractivity contribution is 7.89. The summed E-state index contributed by atoms with van der Waals surface area (Å²) in [5.74, 6) is 0.909. The molecule has 3 aliphatic rings. The molecule has 152 valence electrons. The molecule has 0 aromatic carbocycles. The molecule has 0 aromatic heterocycles. The number of nitrogens with one attached hydrogen (secondary N) is 1. The van der Waals surface area contributed by atoms with E-state index in [1.807, 2.05) is 11.9 Å². The van der Waals surface area contributed by atoms with Crippen LogP contribution in [0.15, 0.2) is 0 Å². The van der Waals surface area contributed by atoms with Crippen molar-refractivity contribution in [2.45, 2.75) is 56.6 Å². The predicted molar refractivity (Wildman–Crippen MR) is 106 cm³/mol. The van der Waals surface area contributed by atoms with Gasteiger partial charge in [0.15, 0.2) is 0 Å². The molecule has 2 aliphatic heterocycles. The Morgan fingerprint density at radius 3 is 2.27 bits per heavy atom. The molecule has 1 N–H and O–H groups in total. The van der Waals surface area contributed by atoms with Gasteiger partial charge in [-0.3, -0.25) is 4.79 Å². The van der Waals surface area contributed by atoms with Crippen molar-refractivity contribution in [3.05, 3.63) is 0 Å². The van der Waals surface area contributed by atoms with Crippen LogP contribution in [0.4, 0.5) is 0 Å². The number of carbonyl (C=O) groups excluding carboxylic acids is 1. The van der Waals surface area contributed by atoms with Crippen molar-refractivity contribution < 1.29 is 13.2 Å². The van der Waals surface area contributed by atoms with E-state index < -0.39 is 15.3 Å². The van der Waals surface area contributed by atoms with E-state index >= 15 is 0 Å². The summed E-state index contributed by atoms with van der Waals surface area (Å²) in [5.41, 5.74) is 0. The Hall–Kier alpha value is -0.370. The van der Waals surface area contributed by atoms with Crippen LogP contribution in [0, 0.1) is 11.8 Å². The molecular formula is C18H34ClN3O3S. The first-order chi connectivity index (χ1) is 12.0. The minimum absolute atomic E-state index is 0. The number of rotatable bonds is 5. The summed E-state index contributed by atoms with van der Waals surface area (Å²) in [4.78, 5) is 14.5. The van der Waals surface area contributed by atoms with Crippen LogP contribution in [0.1, 0.15) is 51.4 Å². The van der Waals surface area contributed by atoms with Crippen molar-refractivity contribution in [1.82, 2.24) is 14.5 Å². The molecule has 1 atom stereocenters. The second-order valence-corrected chi connectivity index (χ2v) is 10.2. The molecule has 0 radical (unpaired) electrons. The first kappa shape index (κ1) is 21.9. The summed E-state index contributed by atoms with van der Waals surface area (Å²) in [6, 6.07) is 0. The molecule has 1 saturated carbocycles. The quantitative estimate of drug-likeness (QED) is 0.755. The van der Waals surface area contributed by atoms with E-state index in [4.69, 9.17) is 0 Å². The third-order valence-corrected chi connectivity index (χ3v) is 8.55. The normalized spacial score (nSPS) is 26.7. The van der Waals surface area contributed by atoms with E-state index in [-0.39, 0.29) is 24.2 Å². The number of hydrogen-bond acceptors (Lipinski definition) is 4. The predicted octanol–water partition coefficient (Wildman–Crippen LogP) is 1.85. The number of nitrogens with zero attached hydrogens (tertiary/aromatic N) is 2. The van der Waals surface area contributed by atoms with Gasteiger partial charge in [0.2, 0.25) is 15.9 Å². The van der Waals surface area contributed by atoms with E-state index in [0.29, 0.717) is 32.0 Å². The molecule has 8 heteroatoms. The lowest BCUT2D eigenvalue weighted by Gasteiger charge is -2.38. The monoisotopic (exact) mass is 407 g/mol. The fourth-order valence-corrected chi connectivity index (χ4v) is 6.65. The van der Waals surface area contributed by atoms with Crippen LogP contribution in [-0.4, -0.2) is 68.6 Å². The first-order valence-electron chi connectivity index (χ1n) is 9.94. The molecule has 1 unspecified atom stereocenters. The number of hydrogen-bond donors (Lipinski definition) is 1. The van der Waals surface area contributed by atoms with Crippen molar-refractivity contribution in [3.8, 4) is 0 Å². The minimum atomic E-state index is -3.29. The van der Waals surface area contributed by atoms with Crippen LogP contribution in [0.3, 0.4) is 0 Å². The second-order valence-electron chi connectivity index (χ2n) is 7.97. The minimum Gasteiger partial charge on any atom is -0.341 e. The van der Waals surface area contributed by atoms with Gasteiger partial charge in [-0.2, -0.15) is 0 Å². The Balaban J connectivity index is 0.00000243. The average Bonchev–Trinajstić information content (AvgIpc) is 3.17. The maximum atomic E-state index is 13.1. The third kappa shape index (κ3) is 4.91. The molecule has 3 rings (SSSR count). The van der Waals surface area contributed by atoms with Crippen molar-refractivity contribution in [2.75, 3.05) is 39.8 Å². The van der Waals surface area contributed by atoms with Crippen LogP contribution in [0.2, 0.25) is 0 Å². The Bertz CT molecular complexity index is 558. The number of amides is 1. The highest BCUT2D eigenvalue weighted by Gasteiger charge is 2.39. The summed E-state index contributed by atoms with van der Waals surface area (Å²) >= 11 is 0. The topological polar surface area (TPSA) is 69.7 Å². The van der Waals surface area contributed by atoms with E-state index in [2.05, 4.69) is 5.32 Å². The summed E-state index contributed by atoms with van der Waals surface area (Å²) < 4.78 is 27.8. The van der Waals surface area contributed by atoms with Crippen molar-refractivity contribution in [3.63, 3.8) is 0 Å². The summed E-state index contributed by atoms with van der Waals surface area (Å²) in [7, 11) is -1.35. The summed E-state index contributed by atoms with van der Waals surface area (Å²) in [6.07, 6.45) is 7.57. The van der Waals surface area contributed by atoms with Gasteiger partial charge in [-0.05, 0) is 58.0 Å².